The Balaban J connectivity index is 2.00. The molecule has 1 aromatic heterocycles. The van der Waals surface area contributed by atoms with Crippen molar-refractivity contribution in [3.63, 3.8) is 0 Å². The second-order valence-electron chi connectivity index (χ2n) is 6.43. The molecule has 0 fully saturated rings. The van der Waals surface area contributed by atoms with Crippen LogP contribution in [-0.2, 0) is 11.0 Å². The molecule has 0 aliphatic heterocycles. The quantitative estimate of drug-likeness (QED) is 0.608. The van der Waals surface area contributed by atoms with Crippen molar-refractivity contribution in [3.05, 3.63) is 71.3 Å². The smallest absolute Gasteiger partial charge is 0.326 e. The first kappa shape index (κ1) is 21.0. The van der Waals surface area contributed by atoms with Crippen molar-refractivity contribution in [2.45, 2.75) is 20.0 Å². The Morgan fingerprint density at radius 2 is 1.77 bits per heavy atom. The van der Waals surface area contributed by atoms with Crippen LogP contribution in [0.3, 0.4) is 0 Å². The zero-order chi connectivity index (χ0) is 22.1. The van der Waals surface area contributed by atoms with E-state index in [-0.39, 0.29) is 11.6 Å². The van der Waals surface area contributed by atoms with E-state index in [1.807, 2.05) is 0 Å². The maximum Gasteiger partial charge on any atom is 0.434 e. The van der Waals surface area contributed by atoms with Crippen molar-refractivity contribution in [2.75, 3.05) is 10.6 Å². The molecule has 0 aliphatic rings. The van der Waals surface area contributed by atoms with Gasteiger partial charge in [-0.2, -0.15) is 18.3 Å². The van der Waals surface area contributed by atoms with Crippen LogP contribution >= 0.6 is 0 Å². The Morgan fingerprint density at radius 1 is 1.07 bits per heavy atom. The molecule has 1 heterocycles. The lowest BCUT2D eigenvalue weighted by Gasteiger charge is -2.14. The summed E-state index contributed by atoms with van der Waals surface area (Å²) in [7, 11) is 0. The second-order valence-corrected chi connectivity index (χ2v) is 6.43. The lowest BCUT2D eigenvalue weighted by molar-refractivity contribution is -0.143. The molecule has 0 saturated carbocycles. The summed E-state index contributed by atoms with van der Waals surface area (Å²) in [5, 5.41) is 8.51. The Kier molecular flexibility index (Phi) is 5.59. The number of amides is 2. The maximum atomic E-state index is 14.0. The highest BCUT2D eigenvalue weighted by Crippen LogP contribution is 2.34. The summed E-state index contributed by atoms with van der Waals surface area (Å²) in [6.45, 7) is 3.02. The monoisotopic (exact) mass is 420 g/mol. The van der Waals surface area contributed by atoms with Crippen LogP contribution in [0.15, 0.2) is 48.7 Å². The standard InChI is InChI=1S/C20H16F4N4O2/c1-11-7-8-13(9-16(11)26-12(2)29)27-19(30)14-10-25-28(18(14)20(22,23)24)17-6-4-3-5-15(17)21/h3-10H,1-2H3,(H,26,29)(H,27,30). The van der Waals surface area contributed by atoms with Crippen LogP contribution in [0.25, 0.3) is 5.69 Å². The van der Waals surface area contributed by atoms with E-state index in [0.717, 1.165) is 18.3 Å². The Morgan fingerprint density at radius 3 is 2.40 bits per heavy atom. The molecule has 2 N–H and O–H groups in total. The van der Waals surface area contributed by atoms with Crippen LogP contribution in [-0.4, -0.2) is 21.6 Å². The number of aryl methyl sites for hydroxylation is 1. The van der Waals surface area contributed by atoms with E-state index in [2.05, 4.69) is 15.7 Å². The topological polar surface area (TPSA) is 76.0 Å². The molecule has 3 rings (SSSR count). The average Bonchev–Trinajstić information content (AvgIpc) is 3.10. The van der Waals surface area contributed by atoms with Gasteiger partial charge in [-0.25, -0.2) is 9.07 Å². The third kappa shape index (κ3) is 4.32. The van der Waals surface area contributed by atoms with Gasteiger partial charge in [-0.15, -0.1) is 0 Å². The second kappa shape index (κ2) is 7.97. The molecule has 3 aromatic rings. The Labute approximate surface area is 168 Å². The number of anilines is 2. The highest BCUT2D eigenvalue weighted by Gasteiger charge is 2.41. The molecule has 30 heavy (non-hydrogen) atoms. The molecular formula is C20H16F4N4O2. The number of nitrogens with one attached hydrogen (secondary N) is 2. The number of rotatable bonds is 4. The maximum absolute atomic E-state index is 14.0. The van der Waals surface area contributed by atoms with E-state index in [9.17, 15) is 27.2 Å². The highest BCUT2D eigenvalue weighted by atomic mass is 19.4. The summed E-state index contributed by atoms with van der Waals surface area (Å²) in [5.74, 6) is -2.34. The van der Waals surface area contributed by atoms with Gasteiger partial charge in [-0.05, 0) is 36.8 Å². The van der Waals surface area contributed by atoms with Crippen molar-refractivity contribution >= 4 is 23.2 Å². The molecule has 156 valence electrons. The molecule has 0 unspecified atom stereocenters. The zero-order valence-electron chi connectivity index (χ0n) is 15.8. The van der Waals surface area contributed by atoms with Gasteiger partial charge >= 0.3 is 6.18 Å². The number of carbonyl (C=O) groups is 2. The normalized spacial score (nSPS) is 11.3. The molecule has 0 atom stereocenters. The molecule has 0 aliphatic carbocycles. The number of hydrogen-bond donors (Lipinski definition) is 2. The number of benzene rings is 2. The van der Waals surface area contributed by atoms with E-state index in [0.29, 0.717) is 15.9 Å². The van der Waals surface area contributed by atoms with Gasteiger partial charge in [0, 0.05) is 18.3 Å². The lowest BCUT2D eigenvalue weighted by Crippen LogP contribution is -2.21. The molecule has 0 radical (unpaired) electrons. The molecule has 10 heteroatoms. The van der Waals surface area contributed by atoms with Crippen molar-refractivity contribution in [2.24, 2.45) is 0 Å². The fraction of sp³-hybridized carbons (Fsp3) is 0.150. The number of nitrogens with zero attached hydrogens (tertiary/aromatic N) is 2. The summed E-state index contributed by atoms with van der Waals surface area (Å²) in [6.07, 6.45) is -4.24. The number of hydrogen-bond acceptors (Lipinski definition) is 3. The summed E-state index contributed by atoms with van der Waals surface area (Å²) in [5.41, 5.74) is -1.34. The number of para-hydroxylation sites is 1. The summed E-state index contributed by atoms with van der Waals surface area (Å²) < 4.78 is 55.5. The lowest BCUT2D eigenvalue weighted by atomic mass is 10.1. The summed E-state index contributed by atoms with van der Waals surface area (Å²) in [4.78, 5) is 23.9. The minimum Gasteiger partial charge on any atom is -0.326 e. The van der Waals surface area contributed by atoms with Crippen LogP contribution in [0.5, 0.6) is 0 Å². The van der Waals surface area contributed by atoms with Gasteiger partial charge in [0.2, 0.25) is 5.91 Å². The summed E-state index contributed by atoms with van der Waals surface area (Å²) >= 11 is 0. The highest BCUT2D eigenvalue weighted by molar-refractivity contribution is 6.05. The fourth-order valence-electron chi connectivity index (χ4n) is 2.82. The van der Waals surface area contributed by atoms with Gasteiger partial charge < -0.3 is 10.6 Å². The summed E-state index contributed by atoms with van der Waals surface area (Å²) in [6, 6.07) is 9.29. The van der Waals surface area contributed by atoms with Crippen LogP contribution < -0.4 is 10.6 Å². The number of halogens is 4. The third-order valence-corrected chi connectivity index (χ3v) is 4.17. The molecule has 6 nitrogen and oxygen atoms in total. The van der Waals surface area contributed by atoms with Crippen molar-refractivity contribution in [1.29, 1.82) is 0 Å². The van der Waals surface area contributed by atoms with E-state index >= 15 is 0 Å². The van der Waals surface area contributed by atoms with Gasteiger partial charge in [-0.1, -0.05) is 18.2 Å². The van der Waals surface area contributed by atoms with Crippen molar-refractivity contribution in [3.8, 4) is 5.69 Å². The number of carbonyl (C=O) groups excluding carboxylic acids is 2. The SMILES string of the molecule is CC(=O)Nc1cc(NC(=O)c2cnn(-c3ccccc3F)c2C(F)(F)F)ccc1C. The van der Waals surface area contributed by atoms with Crippen molar-refractivity contribution in [1.82, 2.24) is 9.78 Å². The van der Waals surface area contributed by atoms with Gasteiger partial charge in [0.15, 0.2) is 5.69 Å². The number of aromatic nitrogens is 2. The zero-order valence-corrected chi connectivity index (χ0v) is 15.8. The van der Waals surface area contributed by atoms with Crippen LogP contribution in [0.4, 0.5) is 28.9 Å². The minimum absolute atomic E-state index is 0.168. The first-order valence-electron chi connectivity index (χ1n) is 8.67. The Bertz CT molecular complexity index is 1120. The predicted molar refractivity (Wildman–Crippen MR) is 102 cm³/mol. The first-order chi connectivity index (χ1) is 14.1. The first-order valence-corrected chi connectivity index (χ1v) is 8.67. The molecular weight excluding hydrogens is 404 g/mol. The van der Waals surface area contributed by atoms with Gasteiger partial charge in [0.25, 0.3) is 5.91 Å². The third-order valence-electron chi connectivity index (χ3n) is 4.17. The van der Waals surface area contributed by atoms with Gasteiger partial charge in [-0.3, -0.25) is 9.59 Å². The van der Waals surface area contributed by atoms with Crippen molar-refractivity contribution < 1.29 is 27.2 Å². The molecule has 0 bridgehead atoms. The molecule has 0 saturated heterocycles. The Hall–Kier alpha value is -3.69. The van der Waals surface area contributed by atoms with Crippen LogP contribution in [0.1, 0.15) is 28.5 Å². The predicted octanol–water partition coefficient (Wildman–Crippen LogP) is 4.55. The van der Waals surface area contributed by atoms with Crippen LogP contribution in [0, 0.1) is 12.7 Å². The van der Waals surface area contributed by atoms with E-state index in [1.165, 1.54) is 31.2 Å². The molecule has 2 amide bonds. The van der Waals surface area contributed by atoms with Gasteiger partial charge in [0.05, 0.1) is 11.8 Å². The molecule has 0 spiro atoms. The van der Waals surface area contributed by atoms with E-state index in [1.54, 1.807) is 13.0 Å². The van der Waals surface area contributed by atoms with Crippen LogP contribution in [0.2, 0.25) is 0 Å². The minimum atomic E-state index is -4.97. The number of alkyl halides is 3. The van der Waals surface area contributed by atoms with E-state index < -0.39 is 34.8 Å². The molecule has 2 aromatic carbocycles. The van der Waals surface area contributed by atoms with Gasteiger partial charge in [0.1, 0.15) is 11.5 Å². The average molecular weight is 420 g/mol. The van der Waals surface area contributed by atoms with E-state index in [4.69, 9.17) is 0 Å². The fourth-order valence-corrected chi connectivity index (χ4v) is 2.82. The largest absolute Gasteiger partial charge is 0.434 e.